The zero-order valence-electron chi connectivity index (χ0n) is 21.6. The van der Waals surface area contributed by atoms with Gasteiger partial charge in [0.05, 0.1) is 12.8 Å². The largest absolute Gasteiger partial charge is 0.450 e. The van der Waals surface area contributed by atoms with Crippen LogP contribution < -0.4 is 15.5 Å². The first-order chi connectivity index (χ1) is 18.6. The van der Waals surface area contributed by atoms with Crippen molar-refractivity contribution < 1.29 is 13.9 Å². The van der Waals surface area contributed by atoms with Gasteiger partial charge in [-0.3, -0.25) is 4.90 Å². The number of piperazine rings is 1. The Morgan fingerprint density at radius 3 is 2.68 bits per heavy atom. The molecule has 5 rings (SSSR count). The summed E-state index contributed by atoms with van der Waals surface area (Å²) in [7, 11) is 0. The van der Waals surface area contributed by atoms with Gasteiger partial charge in [0.1, 0.15) is 0 Å². The Bertz CT molecular complexity index is 1220. The standard InChI is InChI=1S/C28H34FN7O2/c1-2-38-28(37)36-15-13-35(14-16-36)24-10-6-9-22(17-24)32-27-30-18-25(29)26(33-27)31-23-11-12-34(20-23)19-21-7-4-3-5-8-21/h3-10,17-18,23H,2,11-16,19-20H2,1H3,(H2,30,31,32,33)/t23-/m0/s1. The SMILES string of the molecule is CCOC(=O)N1CCN(c2cccc(Nc3ncc(F)c(N[C@H]4CCN(Cc5ccccc5)C4)n3)c2)CC1. The van der Waals surface area contributed by atoms with E-state index in [1.165, 1.54) is 11.8 Å². The van der Waals surface area contributed by atoms with E-state index < -0.39 is 5.82 Å². The molecule has 2 aliphatic rings. The Morgan fingerprint density at radius 2 is 1.89 bits per heavy atom. The highest BCUT2D eigenvalue weighted by atomic mass is 19.1. The van der Waals surface area contributed by atoms with Crippen molar-refractivity contribution in [2.45, 2.75) is 25.9 Å². The fraction of sp³-hybridized carbons (Fsp3) is 0.393. The Balaban J connectivity index is 1.18. The lowest BCUT2D eigenvalue weighted by Crippen LogP contribution is -2.49. The number of nitrogens with zero attached hydrogens (tertiary/aromatic N) is 5. The molecule has 0 bridgehead atoms. The van der Waals surface area contributed by atoms with E-state index in [1.54, 1.807) is 4.90 Å². The van der Waals surface area contributed by atoms with Crippen molar-refractivity contribution in [3.63, 3.8) is 0 Å². The molecule has 0 saturated carbocycles. The molecular formula is C28H34FN7O2. The normalized spacial score (nSPS) is 17.9. The summed E-state index contributed by atoms with van der Waals surface area (Å²) in [4.78, 5) is 26.9. The van der Waals surface area contributed by atoms with Gasteiger partial charge in [-0.1, -0.05) is 36.4 Å². The quantitative estimate of drug-likeness (QED) is 0.455. The lowest BCUT2D eigenvalue weighted by atomic mass is 10.2. The molecule has 1 aromatic heterocycles. The zero-order valence-corrected chi connectivity index (χ0v) is 21.6. The van der Waals surface area contributed by atoms with E-state index in [1.807, 2.05) is 49.4 Å². The van der Waals surface area contributed by atoms with Gasteiger partial charge in [0.15, 0.2) is 11.6 Å². The van der Waals surface area contributed by atoms with Crippen LogP contribution in [0, 0.1) is 5.82 Å². The number of halogens is 1. The highest BCUT2D eigenvalue weighted by Crippen LogP contribution is 2.24. The van der Waals surface area contributed by atoms with Crippen molar-refractivity contribution in [2.24, 2.45) is 0 Å². The van der Waals surface area contributed by atoms with Crippen LogP contribution in [0.5, 0.6) is 0 Å². The van der Waals surface area contributed by atoms with Crippen molar-refractivity contribution in [3.8, 4) is 0 Å². The lowest BCUT2D eigenvalue weighted by Gasteiger charge is -2.35. The first-order valence-corrected chi connectivity index (χ1v) is 13.2. The van der Waals surface area contributed by atoms with Gasteiger partial charge >= 0.3 is 6.09 Å². The Labute approximate surface area is 222 Å². The van der Waals surface area contributed by atoms with Gasteiger partial charge in [-0.05, 0) is 37.1 Å². The molecule has 2 saturated heterocycles. The summed E-state index contributed by atoms with van der Waals surface area (Å²) in [5.74, 6) is 0.0721. The number of likely N-dealkylation sites (tertiary alicyclic amines) is 1. The van der Waals surface area contributed by atoms with Crippen LogP contribution >= 0.6 is 0 Å². The highest BCUT2D eigenvalue weighted by Gasteiger charge is 2.24. The molecule has 0 spiro atoms. The number of carbonyl (C=O) groups excluding carboxylic acids is 1. The monoisotopic (exact) mass is 519 g/mol. The van der Waals surface area contributed by atoms with Crippen molar-refractivity contribution in [1.82, 2.24) is 19.8 Å². The molecule has 38 heavy (non-hydrogen) atoms. The minimum Gasteiger partial charge on any atom is -0.450 e. The van der Waals surface area contributed by atoms with Gasteiger partial charge in [-0.15, -0.1) is 0 Å². The van der Waals surface area contributed by atoms with E-state index in [4.69, 9.17) is 4.74 Å². The molecular weight excluding hydrogens is 485 g/mol. The molecule has 0 radical (unpaired) electrons. The third-order valence-electron chi connectivity index (χ3n) is 6.88. The molecule has 1 amide bonds. The smallest absolute Gasteiger partial charge is 0.409 e. The first kappa shape index (κ1) is 25.7. The Morgan fingerprint density at radius 1 is 1.08 bits per heavy atom. The van der Waals surface area contributed by atoms with Gasteiger partial charge in [0.25, 0.3) is 0 Å². The molecule has 2 N–H and O–H groups in total. The maximum Gasteiger partial charge on any atom is 0.409 e. The summed E-state index contributed by atoms with van der Waals surface area (Å²) >= 11 is 0. The van der Waals surface area contributed by atoms with Gasteiger partial charge in [-0.25, -0.2) is 14.2 Å². The van der Waals surface area contributed by atoms with Gasteiger partial charge in [-0.2, -0.15) is 4.98 Å². The molecule has 0 aliphatic carbocycles. The molecule has 2 aliphatic heterocycles. The number of rotatable bonds is 8. The van der Waals surface area contributed by atoms with Crippen LogP contribution in [-0.2, 0) is 11.3 Å². The fourth-order valence-electron chi connectivity index (χ4n) is 4.93. The molecule has 2 fully saturated rings. The van der Waals surface area contributed by atoms with Crippen LogP contribution in [0.1, 0.15) is 18.9 Å². The van der Waals surface area contributed by atoms with E-state index in [0.717, 1.165) is 37.4 Å². The minimum absolute atomic E-state index is 0.118. The van der Waals surface area contributed by atoms with E-state index in [-0.39, 0.29) is 18.0 Å². The van der Waals surface area contributed by atoms with E-state index in [9.17, 15) is 9.18 Å². The second-order valence-electron chi connectivity index (χ2n) is 9.59. The highest BCUT2D eigenvalue weighted by molar-refractivity contribution is 5.68. The van der Waals surface area contributed by atoms with Crippen LogP contribution in [-0.4, -0.2) is 77.8 Å². The predicted molar refractivity (Wildman–Crippen MR) is 146 cm³/mol. The Hall–Kier alpha value is -3.92. The number of nitrogens with one attached hydrogen (secondary N) is 2. The molecule has 2 aromatic carbocycles. The third-order valence-corrected chi connectivity index (χ3v) is 6.88. The molecule has 3 aromatic rings. The topological polar surface area (TPSA) is 85.9 Å². The van der Waals surface area contributed by atoms with E-state index in [0.29, 0.717) is 38.7 Å². The number of anilines is 4. The van der Waals surface area contributed by atoms with Gasteiger partial charge in [0, 0.05) is 63.2 Å². The van der Waals surface area contributed by atoms with Crippen molar-refractivity contribution in [1.29, 1.82) is 0 Å². The van der Waals surface area contributed by atoms with Crippen LogP contribution in [0.15, 0.2) is 60.8 Å². The number of hydrogen-bond acceptors (Lipinski definition) is 8. The average Bonchev–Trinajstić information content (AvgIpc) is 3.38. The molecule has 0 unspecified atom stereocenters. The molecule has 200 valence electrons. The molecule has 9 nitrogen and oxygen atoms in total. The fourth-order valence-corrected chi connectivity index (χ4v) is 4.93. The summed E-state index contributed by atoms with van der Waals surface area (Å²) in [6.45, 7) is 7.49. The number of hydrogen-bond donors (Lipinski definition) is 2. The second-order valence-corrected chi connectivity index (χ2v) is 9.59. The number of ether oxygens (including phenoxy) is 1. The lowest BCUT2D eigenvalue weighted by molar-refractivity contribution is 0.105. The summed E-state index contributed by atoms with van der Waals surface area (Å²) in [6.07, 6.45) is 1.86. The minimum atomic E-state index is -0.467. The molecule has 1 atom stereocenters. The third kappa shape index (κ3) is 6.49. The predicted octanol–water partition coefficient (Wildman–Crippen LogP) is 4.32. The second kappa shape index (κ2) is 12.1. The summed E-state index contributed by atoms with van der Waals surface area (Å²) in [5.41, 5.74) is 3.11. The van der Waals surface area contributed by atoms with Crippen molar-refractivity contribution >= 4 is 29.2 Å². The number of amides is 1. The van der Waals surface area contributed by atoms with Gasteiger partial charge in [0.2, 0.25) is 5.95 Å². The maximum atomic E-state index is 14.6. The van der Waals surface area contributed by atoms with Gasteiger partial charge < -0.3 is 25.2 Å². The average molecular weight is 520 g/mol. The maximum absolute atomic E-state index is 14.6. The molecule has 10 heteroatoms. The Kier molecular flexibility index (Phi) is 8.18. The van der Waals surface area contributed by atoms with Crippen LogP contribution in [0.3, 0.4) is 0 Å². The van der Waals surface area contributed by atoms with E-state index in [2.05, 4.69) is 42.5 Å². The zero-order chi connectivity index (χ0) is 26.3. The first-order valence-electron chi connectivity index (χ1n) is 13.2. The summed E-state index contributed by atoms with van der Waals surface area (Å²) < 4.78 is 19.7. The number of carbonyl (C=O) groups is 1. The van der Waals surface area contributed by atoms with Crippen molar-refractivity contribution in [3.05, 3.63) is 72.2 Å². The summed E-state index contributed by atoms with van der Waals surface area (Å²) in [6, 6.07) is 18.4. The van der Waals surface area contributed by atoms with Crippen LogP contribution in [0.4, 0.5) is 32.3 Å². The van der Waals surface area contributed by atoms with Crippen LogP contribution in [0.2, 0.25) is 0 Å². The summed E-state index contributed by atoms with van der Waals surface area (Å²) in [5, 5.41) is 6.49. The number of aromatic nitrogens is 2. The van der Waals surface area contributed by atoms with E-state index >= 15 is 0 Å². The number of benzene rings is 2. The molecule has 3 heterocycles. The van der Waals surface area contributed by atoms with Crippen molar-refractivity contribution in [2.75, 3.05) is 61.4 Å². The van der Waals surface area contributed by atoms with Crippen LogP contribution in [0.25, 0.3) is 0 Å².